The molecule has 1 aromatic heterocycles. The van der Waals surface area contributed by atoms with Crippen LogP contribution < -0.4 is 0 Å². The Bertz CT molecular complexity index is 790. The molecule has 104 valence electrons. The zero-order chi connectivity index (χ0) is 14.8. The number of ether oxygens (including phenoxy) is 1. The van der Waals surface area contributed by atoms with Crippen LogP contribution in [-0.2, 0) is 4.74 Å². The van der Waals surface area contributed by atoms with Gasteiger partial charge in [-0.2, -0.15) is 0 Å². The minimum absolute atomic E-state index is 0.0711. The summed E-state index contributed by atoms with van der Waals surface area (Å²) in [4.78, 5) is 12.3. The van der Waals surface area contributed by atoms with Crippen LogP contribution in [0.1, 0.15) is 23.0 Å². The van der Waals surface area contributed by atoms with E-state index in [0.29, 0.717) is 22.3 Å². The SMILES string of the molecule is CCOC(=O)c1c(C2=CC=[C+]C=C2)oc2ccc(O)cc12. The van der Waals surface area contributed by atoms with Gasteiger partial charge in [0.15, 0.2) is 5.76 Å². The molecule has 0 saturated carbocycles. The molecule has 0 atom stereocenters. The Labute approximate surface area is 121 Å². The van der Waals surface area contributed by atoms with Crippen molar-refractivity contribution < 1.29 is 19.1 Å². The Kier molecular flexibility index (Phi) is 3.30. The van der Waals surface area contributed by atoms with Crippen LogP contribution in [0.4, 0.5) is 0 Å². The zero-order valence-electron chi connectivity index (χ0n) is 11.4. The monoisotopic (exact) mass is 281 g/mol. The number of phenolic OH excluding ortho intramolecular Hbond substituents is 1. The lowest BCUT2D eigenvalue weighted by Gasteiger charge is -2.02. The van der Waals surface area contributed by atoms with Crippen molar-refractivity contribution in [3.05, 3.63) is 59.9 Å². The Morgan fingerprint density at radius 1 is 1.43 bits per heavy atom. The van der Waals surface area contributed by atoms with Gasteiger partial charge in [0.05, 0.1) is 18.8 Å². The van der Waals surface area contributed by atoms with Crippen LogP contribution in [0.15, 0.2) is 46.9 Å². The Balaban J connectivity index is 2.25. The number of hydrogen-bond donors (Lipinski definition) is 1. The van der Waals surface area contributed by atoms with E-state index in [1.165, 1.54) is 12.1 Å². The average molecular weight is 281 g/mol. The van der Waals surface area contributed by atoms with Gasteiger partial charge in [0.1, 0.15) is 34.6 Å². The van der Waals surface area contributed by atoms with Gasteiger partial charge >= 0.3 is 5.97 Å². The number of phenols is 1. The first-order valence-corrected chi connectivity index (χ1v) is 6.60. The molecular weight excluding hydrogens is 268 g/mol. The summed E-state index contributed by atoms with van der Waals surface area (Å²) in [6.07, 6.45) is 10.0. The highest BCUT2D eigenvalue weighted by Gasteiger charge is 2.26. The first-order chi connectivity index (χ1) is 10.2. The summed E-state index contributed by atoms with van der Waals surface area (Å²) in [5.74, 6) is 0.0366. The lowest BCUT2D eigenvalue weighted by atomic mass is 10.0. The van der Waals surface area contributed by atoms with Gasteiger partial charge in [-0.25, -0.2) is 4.79 Å². The second kappa shape index (κ2) is 5.27. The number of allylic oxidation sites excluding steroid dienone is 6. The van der Waals surface area contributed by atoms with Crippen molar-refractivity contribution >= 4 is 22.5 Å². The molecule has 0 radical (unpaired) electrons. The molecule has 1 heterocycles. The van der Waals surface area contributed by atoms with Crippen LogP contribution in [0.5, 0.6) is 5.75 Å². The number of benzene rings is 1. The normalized spacial score (nSPS) is 13.1. The van der Waals surface area contributed by atoms with Gasteiger partial charge < -0.3 is 14.3 Å². The van der Waals surface area contributed by atoms with Crippen LogP contribution >= 0.6 is 0 Å². The quantitative estimate of drug-likeness (QED) is 0.689. The van der Waals surface area contributed by atoms with Crippen LogP contribution in [0.2, 0.25) is 0 Å². The maximum atomic E-state index is 12.3. The maximum Gasteiger partial charge on any atom is 0.342 e. The molecule has 21 heavy (non-hydrogen) atoms. The predicted molar refractivity (Wildman–Crippen MR) is 78.8 cm³/mol. The molecule has 1 aromatic carbocycles. The summed E-state index contributed by atoms with van der Waals surface area (Å²) < 4.78 is 10.9. The fraction of sp³-hybridized carbons (Fsp3) is 0.118. The van der Waals surface area contributed by atoms with E-state index < -0.39 is 5.97 Å². The van der Waals surface area contributed by atoms with Gasteiger partial charge in [0.25, 0.3) is 0 Å². The van der Waals surface area contributed by atoms with Crippen LogP contribution in [0, 0.1) is 6.08 Å². The summed E-state index contributed by atoms with van der Waals surface area (Å²) in [6, 6.07) is 4.65. The van der Waals surface area contributed by atoms with Crippen LogP contribution in [0.3, 0.4) is 0 Å². The van der Waals surface area contributed by atoms with Crippen molar-refractivity contribution in [3.8, 4) is 5.75 Å². The lowest BCUT2D eigenvalue weighted by Crippen LogP contribution is -2.06. The topological polar surface area (TPSA) is 59.7 Å². The van der Waals surface area contributed by atoms with Gasteiger partial charge in [-0.15, -0.1) is 0 Å². The molecule has 0 fully saturated rings. The molecule has 0 saturated heterocycles. The van der Waals surface area contributed by atoms with E-state index in [2.05, 4.69) is 6.08 Å². The summed E-state index contributed by atoms with van der Waals surface area (Å²) in [7, 11) is 0. The second-order valence-corrected chi connectivity index (χ2v) is 4.50. The molecule has 1 N–H and O–H groups in total. The molecule has 0 bridgehead atoms. The first-order valence-electron chi connectivity index (χ1n) is 6.60. The van der Waals surface area contributed by atoms with Crippen molar-refractivity contribution in [2.24, 2.45) is 0 Å². The maximum absolute atomic E-state index is 12.3. The molecule has 0 spiro atoms. The molecule has 2 aromatic rings. The highest BCUT2D eigenvalue weighted by Crippen LogP contribution is 2.34. The molecule has 1 aliphatic carbocycles. The largest absolute Gasteiger partial charge is 0.508 e. The van der Waals surface area contributed by atoms with E-state index in [1.807, 2.05) is 0 Å². The fourth-order valence-electron chi connectivity index (χ4n) is 2.23. The summed E-state index contributed by atoms with van der Waals surface area (Å²) in [5, 5.41) is 10.2. The molecule has 4 heteroatoms. The number of carbonyl (C=O) groups excluding carboxylic acids is 1. The summed E-state index contributed by atoms with van der Waals surface area (Å²) >= 11 is 0. The highest BCUT2D eigenvalue weighted by atomic mass is 16.5. The van der Waals surface area contributed by atoms with Crippen molar-refractivity contribution in [1.82, 2.24) is 0 Å². The Hall–Kier alpha value is -2.84. The number of hydrogen-bond acceptors (Lipinski definition) is 4. The zero-order valence-corrected chi connectivity index (χ0v) is 11.4. The van der Waals surface area contributed by atoms with E-state index in [-0.39, 0.29) is 12.4 Å². The Morgan fingerprint density at radius 2 is 2.29 bits per heavy atom. The molecular formula is C17H13O4+. The molecule has 0 amide bonds. The first kappa shape index (κ1) is 13.2. The van der Waals surface area contributed by atoms with Gasteiger partial charge in [-0.05, 0) is 25.1 Å². The third-order valence-electron chi connectivity index (χ3n) is 3.13. The van der Waals surface area contributed by atoms with Crippen molar-refractivity contribution in [2.45, 2.75) is 6.92 Å². The van der Waals surface area contributed by atoms with Crippen molar-refractivity contribution in [2.75, 3.05) is 6.61 Å². The van der Waals surface area contributed by atoms with Crippen LogP contribution in [0.25, 0.3) is 16.5 Å². The summed E-state index contributed by atoms with van der Waals surface area (Å²) in [5.41, 5.74) is 1.61. The molecule has 4 nitrogen and oxygen atoms in total. The third kappa shape index (κ3) is 2.33. The van der Waals surface area contributed by atoms with Gasteiger partial charge in [-0.1, -0.05) is 0 Å². The molecule has 1 aliphatic rings. The van der Waals surface area contributed by atoms with E-state index in [4.69, 9.17) is 9.15 Å². The number of fused-ring (bicyclic) bond motifs is 1. The molecule has 0 unspecified atom stereocenters. The van der Waals surface area contributed by atoms with E-state index in [9.17, 15) is 9.90 Å². The third-order valence-corrected chi connectivity index (χ3v) is 3.13. The predicted octanol–water partition coefficient (Wildman–Crippen LogP) is 3.63. The van der Waals surface area contributed by atoms with Gasteiger partial charge in [0.2, 0.25) is 0 Å². The van der Waals surface area contributed by atoms with E-state index in [0.717, 1.165) is 5.57 Å². The van der Waals surface area contributed by atoms with E-state index in [1.54, 1.807) is 37.3 Å². The number of carbonyl (C=O) groups is 1. The summed E-state index contributed by atoms with van der Waals surface area (Å²) in [6.45, 7) is 2.02. The number of furan rings is 1. The lowest BCUT2D eigenvalue weighted by molar-refractivity contribution is 0.0527. The fourth-order valence-corrected chi connectivity index (χ4v) is 2.23. The number of aromatic hydroxyl groups is 1. The molecule has 0 aliphatic heterocycles. The second-order valence-electron chi connectivity index (χ2n) is 4.50. The Morgan fingerprint density at radius 3 is 3.00 bits per heavy atom. The van der Waals surface area contributed by atoms with Crippen LogP contribution in [-0.4, -0.2) is 17.7 Å². The highest BCUT2D eigenvalue weighted by molar-refractivity contribution is 6.08. The van der Waals surface area contributed by atoms with Gasteiger partial charge in [0, 0.05) is 11.5 Å². The molecule has 3 rings (SSSR count). The minimum atomic E-state index is -0.468. The number of rotatable bonds is 3. The van der Waals surface area contributed by atoms with E-state index >= 15 is 0 Å². The van der Waals surface area contributed by atoms with Crippen molar-refractivity contribution in [3.63, 3.8) is 0 Å². The standard InChI is InChI=1S/C17H12O4/c1-2-20-17(19)15-13-10-12(18)8-9-14(13)21-16(15)11-6-4-3-5-7-11/h4-10H,2H2,1H3/p+1. The smallest absolute Gasteiger partial charge is 0.342 e. The average Bonchev–Trinajstić information content (AvgIpc) is 2.87. The van der Waals surface area contributed by atoms with Crippen molar-refractivity contribution in [1.29, 1.82) is 0 Å². The minimum Gasteiger partial charge on any atom is -0.508 e. The van der Waals surface area contributed by atoms with Gasteiger partial charge in [-0.3, -0.25) is 0 Å². The number of esters is 1.